The number of aryl methyl sites for hydroxylation is 1. The van der Waals surface area contributed by atoms with Crippen LogP contribution in [0.4, 0.5) is 11.4 Å². The van der Waals surface area contributed by atoms with E-state index in [-0.39, 0.29) is 5.91 Å². The van der Waals surface area contributed by atoms with Gasteiger partial charge in [0.05, 0.1) is 11.9 Å². The fourth-order valence-electron chi connectivity index (χ4n) is 2.69. The Hall–Kier alpha value is -1.86. The van der Waals surface area contributed by atoms with Gasteiger partial charge in [0.25, 0.3) is 0 Å². The van der Waals surface area contributed by atoms with Crippen LogP contribution < -0.4 is 9.62 Å². The largest absolute Gasteiger partial charge is 0.326 e. The molecule has 0 unspecified atom stereocenters. The van der Waals surface area contributed by atoms with Crippen LogP contribution in [0.2, 0.25) is 0 Å². The lowest BCUT2D eigenvalue weighted by Gasteiger charge is -2.17. The topological polar surface area (TPSA) is 66.5 Å². The van der Waals surface area contributed by atoms with Crippen molar-refractivity contribution in [2.24, 2.45) is 0 Å². The minimum atomic E-state index is -3.28. The molecule has 0 spiro atoms. The molecule has 7 heteroatoms. The van der Waals surface area contributed by atoms with Gasteiger partial charge in [-0.2, -0.15) is 0 Å². The summed E-state index contributed by atoms with van der Waals surface area (Å²) in [6.07, 6.45) is 3.03. The third-order valence-electron chi connectivity index (χ3n) is 3.80. The Balaban J connectivity index is 1.68. The molecule has 5 nitrogen and oxygen atoms in total. The van der Waals surface area contributed by atoms with Gasteiger partial charge in [-0.05, 0) is 42.0 Å². The van der Waals surface area contributed by atoms with Crippen molar-refractivity contribution in [3.05, 3.63) is 46.2 Å². The molecule has 1 amide bonds. The lowest BCUT2D eigenvalue weighted by molar-refractivity contribution is -0.116. The first kappa shape index (κ1) is 16.0. The molecule has 0 bridgehead atoms. The molecular weight excluding hydrogens is 332 g/mol. The van der Waals surface area contributed by atoms with Crippen molar-refractivity contribution in [3.63, 3.8) is 0 Å². The zero-order valence-corrected chi connectivity index (χ0v) is 14.4. The lowest BCUT2D eigenvalue weighted by atomic mass is 10.1. The van der Waals surface area contributed by atoms with Crippen LogP contribution in [0.1, 0.15) is 16.9 Å². The molecule has 1 aliphatic rings. The lowest BCUT2D eigenvalue weighted by Crippen LogP contribution is -2.27. The fourth-order valence-corrected chi connectivity index (χ4v) is 4.35. The number of hydrogen-bond donors (Lipinski definition) is 1. The van der Waals surface area contributed by atoms with Crippen molar-refractivity contribution < 1.29 is 13.2 Å². The molecule has 2 heterocycles. The number of sulfonamides is 1. The van der Waals surface area contributed by atoms with E-state index < -0.39 is 10.0 Å². The molecule has 0 atom stereocenters. The van der Waals surface area contributed by atoms with E-state index in [2.05, 4.69) is 5.32 Å². The first-order valence-corrected chi connectivity index (χ1v) is 10.1. The van der Waals surface area contributed by atoms with E-state index in [4.69, 9.17) is 0 Å². The summed E-state index contributed by atoms with van der Waals surface area (Å²) in [4.78, 5) is 13.2. The predicted octanol–water partition coefficient (Wildman–Crippen LogP) is 2.64. The highest BCUT2D eigenvalue weighted by Gasteiger charge is 2.26. The van der Waals surface area contributed by atoms with Crippen molar-refractivity contribution in [1.82, 2.24) is 0 Å². The van der Waals surface area contributed by atoms with Crippen LogP contribution in [0.3, 0.4) is 0 Å². The first-order valence-electron chi connectivity index (χ1n) is 7.36. The number of rotatable bonds is 5. The standard InChI is InChI=1S/C16H18N2O3S2/c1-23(20,21)18-9-8-12-4-5-13(11-15(12)18)17-16(19)7-6-14-3-2-10-22-14/h2-5,10-11H,6-9H2,1H3,(H,17,19). The zero-order chi connectivity index (χ0) is 16.4. The molecule has 122 valence electrons. The minimum Gasteiger partial charge on any atom is -0.326 e. The molecule has 3 rings (SSSR count). The van der Waals surface area contributed by atoms with Crippen molar-refractivity contribution in [3.8, 4) is 0 Å². The summed E-state index contributed by atoms with van der Waals surface area (Å²) in [6, 6.07) is 9.44. The van der Waals surface area contributed by atoms with Crippen LogP contribution in [0.15, 0.2) is 35.7 Å². The maximum atomic E-state index is 12.0. The van der Waals surface area contributed by atoms with Crippen LogP contribution in [0.5, 0.6) is 0 Å². The molecule has 1 N–H and O–H groups in total. The molecule has 0 radical (unpaired) electrons. The number of amides is 1. The predicted molar refractivity (Wildman–Crippen MR) is 93.6 cm³/mol. The average molecular weight is 350 g/mol. The number of carbonyl (C=O) groups is 1. The monoisotopic (exact) mass is 350 g/mol. The smallest absolute Gasteiger partial charge is 0.232 e. The Labute approximate surface area is 140 Å². The Bertz CT molecular complexity index is 814. The normalized spacial score (nSPS) is 13.9. The van der Waals surface area contributed by atoms with Gasteiger partial charge < -0.3 is 5.32 Å². The minimum absolute atomic E-state index is 0.0674. The first-order chi connectivity index (χ1) is 10.9. The summed E-state index contributed by atoms with van der Waals surface area (Å²) in [5.74, 6) is -0.0674. The number of hydrogen-bond acceptors (Lipinski definition) is 4. The molecule has 0 saturated carbocycles. The summed E-state index contributed by atoms with van der Waals surface area (Å²) in [7, 11) is -3.28. The molecule has 23 heavy (non-hydrogen) atoms. The van der Waals surface area contributed by atoms with Gasteiger partial charge in [0.15, 0.2) is 0 Å². The van der Waals surface area contributed by atoms with Gasteiger partial charge in [0, 0.05) is 23.5 Å². The summed E-state index contributed by atoms with van der Waals surface area (Å²) >= 11 is 1.64. The van der Waals surface area contributed by atoms with E-state index in [1.54, 1.807) is 17.4 Å². The Morgan fingerprint density at radius 3 is 2.87 bits per heavy atom. The number of anilines is 2. The van der Waals surface area contributed by atoms with E-state index in [1.807, 2.05) is 29.6 Å². The second-order valence-electron chi connectivity index (χ2n) is 5.56. The van der Waals surface area contributed by atoms with Gasteiger partial charge in [0.2, 0.25) is 15.9 Å². The van der Waals surface area contributed by atoms with Crippen molar-refractivity contribution in [2.75, 3.05) is 22.4 Å². The highest BCUT2D eigenvalue weighted by Crippen LogP contribution is 2.32. The molecule has 1 aromatic heterocycles. The molecule has 1 aliphatic heterocycles. The molecular formula is C16H18N2O3S2. The Morgan fingerprint density at radius 1 is 1.35 bits per heavy atom. The number of carbonyl (C=O) groups excluding carboxylic acids is 1. The van der Waals surface area contributed by atoms with Crippen molar-refractivity contribution in [1.29, 1.82) is 0 Å². The average Bonchev–Trinajstić information content (AvgIpc) is 3.13. The highest BCUT2D eigenvalue weighted by atomic mass is 32.2. The van der Waals surface area contributed by atoms with E-state index in [1.165, 1.54) is 15.4 Å². The number of thiophene rings is 1. The third kappa shape index (κ3) is 3.73. The van der Waals surface area contributed by atoms with E-state index in [0.29, 0.717) is 37.2 Å². The Morgan fingerprint density at radius 2 is 2.17 bits per heavy atom. The van der Waals surface area contributed by atoms with Gasteiger partial charge in [-0.3, -0.25) is 9.10 Å². The molecule has 1 aromatic carbocycles. The SMILES string of the molecule is CS(=O)(=O)N1CCc2ccc(NC(=O)CCc3cccs3)cc21. The molecule has 2 aromatic rings. The maximum Gasteiger partial charge on any atom is 0.232 e. The molecule has 0 saturated heterocycles. The number of nitrogens with one attached hydrogen (secondary N) is 1. The Kier molecular flexibility index (Phi) is 4.41. The third-order valence-corrected chi connectivity index (χ3v) is 5.92. The molecule has 0 fully saturated rings. The summed E-state index contributed by atoms with van der Waals surface area (Å²) in [5, 5.41) is 4.84. The van der Waals surface area contributed by atoms with Crippen LogP contribution in [-0.2, 0) is 27.7 Å². The second-order valence-corrected chi connectivity index (χ2v) is 8.50. The quantitative estimate of drug-likeness (QED) is 0.901. The maximum absolute atomic E-state index is 12.0. The van der Waals surface area contributed by atoms with Crippen LogP contribution >= 0.6 is 11.3 Å². The summed E-state index contributed by atoms with van der Waals surface area (Å²) in [6.45, 7) is 0.462. The van der Waals surface area contributed by atoms with Crippen LogP contribution in [0.25, 0.3) is 0 Å². The summed E-state index contributed by atoms with van der Waals surface area (Å²) < 4.78 is 25.0. The van der Waals surface area contributed by atoms with Gasteiger partial charge in [-0.1, -0.05) is 12.1 Å². The zero-order valence-electron chi connectivity index (χ0n) is 12.8. The summed E-state index contributed by atoms with van der Waals surface area (Å²) in [5.41, 5.74) is 2.30. The molecule has 0 aliphatic carbocycles. The number of benzene rings is 1. The van der Waals surface area contributed by atoms with Crippen molar-refractivity contribution in [2.45, 2.75) is 19.3 Å². The van der Waals surface area contributed by atoms with Crippen LogP contribution in [0, 0.1) is 0 Å². The van der Waals surface area contributed by atoms with E-state index in [9.17, 15) is 13.2 Å². The number of nitrogens with zero attached hydrogens (tertiary/aromatic N) is 1. The second kappa shape index (κ2) is 6.33. The fraction of sp³-hybridized carbons (Fsp3) is 0.312. The van der Waals surface area contributed by atoms with E-state index in [0.717, 1.165) is 5.56 Å². The number of fused-ring (bicyclic) bond motifs is 1. The van der Waals surface area contributed by atoms with Crippen LogP contribution in [-0.4, -0.2) is 27.1 Å². The van der Waals surface area contributed by atoms with Gasteiger partial charge in [-0.25, -0.2) is 8.42 Å². The van der Waals surface area contributed by atoms with Gasteiger partial charge >= 0.3 is 0 Å². The van der Waals surface area contributed by atoms with Crippen molar-refractivity contribution >= 4 is 38.6 Å². The highest BCUT2D eigenvalue weighted by molar-refractivity contribution is 7.92. The van der Waals surface area contributed by atoms with Gasteiger partial charge in [0.1, 0.15) is 0 Å². The van der Waals surface area contributed by atoms with E-state index >= 15 is 0 Å². The van der Waals surface area contributed by atoms with Gasteiger partial charge in [-0.15, -0.1) is 11.3 Å².